The lowest BCUT2D eigenvalue weighted by Gasteiger charge is -2.11. The van der Waals surface area contributed by atoms with Crippen LogP contribution in [0.4, 0.5) is 11.4 Å². The van der Waals surface area contributed by atoms with Gasteiger partial charge in [-0.15, -0.1) is 0 Å². The SMILES string of the molecule is COCC(=O)Nc1ccccc1C(=O)Nc1ccc(Cl)cc1. The Morgan fingerprint density at radius 3 is 2.41 bits per heavy atom. The molecule has 6 heteroatoms. The number of rotatable bonds is 5. The number of para-hydroxylation sites is 1. The van der Waals surface area contributed by atoms with Crippen LogP contribution >= 0.6 is 11.6 Å². The van der Waals surface area contributed by atoms with E-state index in [2.05, 4.69) is 10.6 Å². The zero-order chi connectivity index (χ0) is 15.9. The average Bonchev–Trinajstić information content (AvgIpc) is 2.50. The molecule has 0 aliphatic rings. The molecule has 114 valence electrons. The highest BCUT2D eigenvalue weighted by molar-refractivity contribution is 6.30. The van der Waals surface area contributed by atoms with Gasteiger partial charge in [-0.1, -0.05) is 23.7 Å². The van der Waals surface area contributed by atoms with Gasteiger partial charge in [0.1, 0.15) is 6.61 Å². The van der Waals surface area contributed by atoms with Gasteiger partial charge in [-0.05, 0) is 36.4 Å². The van der Waals surface area contributed by atoms with Crippen molar-refractivity contribution in [2.75, 3.05) is 24.4 Å². The third-order valence-corrected chi connectivity index (χ3v) is 3.08. The number of methoxy groups -OCH3 is 1. The Bertz CT molecular complexity index is 671. The Morgan fingerprint density at radius 1 is 1.05 bits per heavy atom. The Balaban J connectivity index is 2.15. The first-order valence-corrected chi connectivity index (χ1v) is 6.92. The van der Waals surface area contributed by atoms with Crippen molar-refractivity contribution in [2.24, 2.45) is 0 Å². The van der Waals surface area contributed by atoms with Gasteiger partial charge in [0.2, 0.25) is 5.91 Å². The van der Waals surface area contributed by atoms with Crippen molar-refractivity contribution in [3.63, 3.8) is 0 Å². The molecular formula is C16H15ClN2O3. The highest BCUT2D eigenvalue weighted by atomic mass is 35.5. The number of hydrogen-bond acceptors (Lipinski definition) is 3. The predicted molar refractivity (Wildman–Crippen MR) is 86.4 cm³/mol. The fraction of sp³-hybridized carbons (Fsp3) is 0.125. The standard InChI is InChI=1S/C16H15ClN2O3/c1-22-10-15(20)19-14-5-3-2-4-13(14)16(21)18-12-8-6-11(17)7-9-12/h2-9H,10H2,1H3,(H,18,21)(H,19,20). The maximum Gasteiger partial charge on any atom is 0.257 e. The molecule has 0 saturated carbocycles. The molecular weight excluding hydrogens is 304 g/mol. The molecule has 2 N–H and O–H groups in total. The van der Waals surface area contributed by atoms with E-state index < -0.39 is 0 Å². The second kappa shape index (κ2) is 7.59. The van der Waals surface area contributed by atoms with E-state index in [0.29, 0.717) is 22.0 Å². The van der Waals surface area contributed by atoms with Crippen LogP contribution in [0.5, 0.6) is 0 Å². The largest absolute Gasteiger partial charge is 0.375 e. The van der Waals surface area contributed by atoms with Gasteiger partial charge in [-0.3, -0.25) is 9.59 Å². The number of hydrogen-bond donors (Lipinski definition) is 2. The van der Waals surface area contributed by atoms with Gasteiger partial charge >= 0.3 is 0 Å². The van der Waals surface area contributed by atoms with Crippen molar-refractivity contribution in [2.45, 2.75) is 0 Å². The molecule has 2 rings (SSSR count). The summed E-state index contributed by atoms with van der Waals surface area (Å²) in [6.07, 6.45) is 0. The summed E-state index contributed by atoms with van der Waals surface area (Å²) in [5, 5.41) is 5.98. The van der Waals surface area contributed by atoms with Crippen LogP contribution in [0.3, 0.4) is 0 Å². The highest BCUT2D eigenvalue weighted by Gasteiger charge is 2.13. The first kappa shape index (κ1) is 16.0. The maximum absolute atomic E-state index is 12.3. The molecule has 0 aliphatic carbocycles. The lowest BCUT2D eigenvalue weighted by Crippen LogP contribution is -2.20. The van der Waals surface area contributed by atoms with E-state index in [1.54, 1.807) is 48.5 Å². The maximum atomic E-state index is 12.3. The van der Waals surface area contributed by atoms with Crippen LogP contribution in [0, 0.1) is 0 Å². The number of benzene rings is 2. The van der Waals surface area contributed by atoms with Gasteiger partial charge in [-0.25, -0.2) is 0 Å². The quantitative estimate of drug-likeness (QED) is 0.889. The van der Waals surface area contributed by atoms with Crippen LogP contribution in [0.1, 0.15) is 10.4 Å². The van der Waals surface area contributed by atoms with Gasteiger partial charge in [0.25, 0.3) is 5.91 Å². The van der Waals surface area contributed by atoms with E-state index in [1.165, 1.54) is 7.11 Å². The fourth-order valence-corrected chi connectivity index (χ4v) is 1.97. The van der Waals surface area contributed by atoms with Gasteiger partial charge in [0, 0.05) is 17.8 Å². The van der Waals surface area contributed by atoms with Crippen LogP contribution in [-0.2, 0) is 9.53 Å². The van der Waals surface area contributed by atoms with E-state index in [0.717, 1.165) is 0 Å². The predicted octanol–water partition coefficient (Wildman–Crippen LogP) is 3.18. The number of nitrogens with one attached hydrogen (secondary N) is 2. The summed E-state index contributed by atoms with van der Waals surface area (Å²) in [6.45, 7) is -0.0763. The Kier molecular flexibility index (Phi) is 5.52. The Hall–Kier alpha value is -2.37. The molecule has 0 aliphatic heterocycles. The summed E-state index contributed by atoms with van der Waals surface area (Å²) in [6, 6.07) is 13.5. The number of carbonyl (C=O) groups is 2. The van der Waals surface area contributed by atoms with E-state index >= 15 is 0 Å². The molecule has 2 aromatic rings. The molecule has 2 aromatic carbocycles. The number of ether oxygens (including phenoxy) is 1. The second-order valence-corrected chi connectivity index (χ2v) is 4.92. The topological polar surface area (TPSA) is 67.4 Å². The smallest absolute Gasteiger partial charge is 0.257 e. The lowest BCUT2D eigenvalue weighted by atomic mass is 10.1. The molecule has 0 spiro atoms. The molecule has 0 bridgehead atoms. The Labute approximate surface area is 133 Å². The average molecular weight is 319 g/mol. The van der Waals surface area contributed by atoms with Crippen LogP contribution < -0.4 is 10.6 Å². The van der Waals surface area contributed by atoms with Crippen molar-refractivity contribution >= 4 is 34.8 Å². The lowest BCUT2D eigenvalue weighted by molar-refractivity contribution is -0.119. The van der Waals surface area contributed by atoms with Crippen molar-refractivity contribution in [3.05, 3.63) is 59.1 Å². The molecule has 0 fully saturated rings. The zero-order valence-corrected chi connectivity index (χ0v) is 12.7. The minimum absolute atomic E-state index is 0.0763. The third kappa shape index (κ3) is 4.31. The molecule has 0 aromatic heterocycles. The minimum atomic E-state index is -0.325. The molecule has 0 saturated heterocycles. The summed E-state index contributed by atoms with van der Waals surface area (Å²) in [5.74, 6) is -0.648. The Morgan fingerprint density at radius 2 is 1.73 bits per heavy atom. The van der Waals surface area contributed by atoms with Crippen LogP contribution in [0.2, 0.25) is 5.02 Å². The summed E-state index contributed by atoms with van der Waals surface area (Å²) in [4.78, 5) is 23.9. The third-order valence-electron chi connectivity index (χ3n) is 2.82. The monoisotopic (exact) mass is 318 g/mol. The van der Waals surface area contributed by atoms with Crippen molar-refractivity contribution in [1.29, 1.82) is 0 Å². The molecule has 0 heterocycles. The first-order chi connectivity index (χ1) is 10.6. The summed E-state index contributed by atoms with van der Waals surface area (Å²) < 4.78 is 4.76. The van der Waals surface area contributed by atoms with Crippen LogP contribution in [-0.4, -0.2) is 25.5 Å². The molecule has 2 amide bonds. The molecule has 5 nitrogen and oxygen atoms in total. The van der Waals surface area contributed by atoms with Gasteiger partial charge in [0.05, 0.1) is 11.3 Å². The molecule has 0 unspecified atom stereocenters. The first-order valence-electron chi connectivity index (χ1n) is 6.55. The van der Waals surface area contributed by atoms with Crippen LogP contribution in [0.25, 0.3) is 0 Å². The van der Waals surface area contributed by atoms with E-state index in [9.17, 15) is 9.59 Å². The van der Waals surface area contributed by atoms with E-state index in [1.807, 2.05) is 0 Å². The second-order valence-electron chi connectivity index (χ2n) is 4.49. The number of anilines is 2. The normalized spacial score (nSPS) is 10.1. The zero-order valence-electron chi connectivity index (χ0n) is 11.9. The summed E-state index contributed by atoms with van der Waals surface area (Å²) in [5.41, 5.74) is 1.41. The van der Waals surface area contributed by atoms with Gasteiger partial charge in [0.15, 0.2) is 0 Å². The van der Waals surface area contributed by atoms with Crippen molar-refractivity contribution < 1.29 is 14.3 Å². The van der Waals surface area contributed by atoms with E-state index in [4.69, 9.17) is 16.3 Å². The van der Waals surface area contributed by atoms with Gasteiger partial charge < -0.3 is 15.4 Å². The van der Waals surface area contributed by atoms with E-state index in [-0.39, 0.29) is 18.4 Å². The van der Waals surface area contributed by atoms with Crippen molar-refractivity contribution in [1.82, 2.24) is 0 Å². The highest BCUT2D eigenvalue weighted by Crippen LogP contribution is 2.18. The van der Waals surface area contributed by atoms with Crippen molar-refractivity contribution in [3.8, 4) is 0 Å². The summed E-state index contributed by atoms with van der Waals surface area (Å²) in [7, 11) is 1.43. The number of carbonyl (C=O) groups excluding carboxylic acids is 2. The van der Waals surface area contributed by atoms with Crippen LogP contribution in [0.15, 0.2) is 48.5 Å². The summed E-state index contributed by atoms with van der Waals surface area (Å²) >= 11 is 5.81. The minimum Gasteiger partial charge on any atom is -0.375 e. The van der Waals surface area contributed by atoms with Gasteiger partial charge in [-0.2, -0.15) is 0 Å². The fourth-order valence-electron chi connectivity index (χ4n) is 1.84. The number of halogens is 1. The molecule has 22 heavy (non-hydrogen) atoms. The molecule has 0 atom stereocenters. The number of amides is 2. The molecule has 0 radical (unpaired) electrons.